The monoisotopic (exact) mass is 449 g/mol. The minimum Gasteiger partial charge on any atom is -0.507 e. The SMILES string of the molecule is Cc1ccc(/C(O)=C2\C(=O)C(=O)N(c3cccc(C(=O)O)c3)C2c2ccc(F)cc2F)cc1. The Hall–Kier alpha value is -4.33. The number of hydrogen-bond acceptors (Lipinski definition) is 4. The number of carbonyl (C=O) groups excluding carboxylic acids is 2. The third-order valence-electron chi connectivity index (χ3n) is 5.40. The van der Waals surface area contributed by atoms with Crippen LogP contribution in [0.15, 0.2) is 72.3 Å². The van der Waals surface area contributed by atoms with Crippen molar-refractivity contribution in [2.75, 3.05) is 4.90 Å². The molecule has 1 unspecified atom stereocenters. The third kappa shape index (κ3) is 3.87. The van der Waals surface area contributed by atoms with E-state index in [1.807, 2.05) is 6.92 Å². The van der Waals surface area contributed by atoms with Crippen molar-refractivity contribution >= 4 is 29.1 Å². The predicted molar refractivity (Wildman–Crippen MR) is 116 cm³/mol. The van der Waals surface area contributed by atoms with Crippen LogP contribution in [0.5, 0.6) is 0 Å². The van der Waals surface area contributed by atoms with Crippen LogP contribution in [0.1, 0.15) is 33.1 Å². The summed E-state index contributed by atoms with van der Waals surface area (Å²) in [5, 5.41) is 20.3. The molecule has 1 saturated heterocycles. The molecule has 1 fully saturated rings. The van der Waals surface area contributed by atoms with E-state index in [1.54, 1.807) is 24.3 Å². The molecule has 3 aromatic rings. The predicted octanol–water partition coefficient (Wildman–Crippen LogP) is 4.60. The Labute approximate surface area is 187 Å². The van der Waals surface area contributed by atoms with E-state index in [1.165, 1.54) is 18.2 Å². The highest BCUT2D eigenvalue weighted by Crippen LogP contribution is 2.43. The van der Waals surface area contributed by atoms with Gasteiger partial charge in [0.1, 0.15) is 17.4 Å². The van der Waals surface area contributed by atoms with Crippen LogP contribution in [-0.4, -0.2) is 27.9 Å². The molecule has 0 aliphatic carbocycles. The number of amides is 1. The van der Waals surface area contributed by atoms with Gasteiger partial charge in [-0.1, -0.05) is 42.0 Å². The molecule has 1 amide bonds. The lowest BCUT2D eigenvalue weighted by Crippen LogP contribution is -2.30. The van der Waals surface area contributed by atoms with Gasteiger partial charge in [0.25, 0.3) is 11.7 Å². The van der Waals surface area contributed by atoms with Gasteiger partial charge >= 0.3 is 5.97 Å². The Morgan fingerprint density at radius 1 is 0.909 bits per heavy atom. The van der Waals surface area contributed by atoms with E-state index in [0.717, 1.165) is 28.7 Å². The van der Waals surface area contributed by atoms with Crippen LogP contribution in [0.25, 0.3) is 5.76 Å². The van der Waals surface area contributed by atoms with E-state index in [4.69, 9.17) is 0 Å². The fraction of sp³-hybridized carbons (Fsp3) is 0.0800. The van der Waals surface area contributed by atoms with Crippen molar-refractivity contribution in [3.05, 3.63) is 106 Å². The zero-order valence-electron chi connectivity index (χ0n) is 17.3. The summed E-state index contributed by atoms with van der Waals surface area (Å²) in [7, 11) is 0. The number of carbonyl (C=O) groups is 3. The normalized spacial score (nSPS) is 17.4. The number of aromatic carboxylic acids is 1. The topological polar surface area (TPSA) is 94.9 Å². The van der Waals surface area contributed by atoms with Gasteiger partial charge in [-0.15, -0.1) is 0 Å². The van der Waals surface area contributed by atoms with Crippen LogP contribution < -0.4 is 4.90 Å². The maximum atomic E-state index is 14.9. The molecular formula is C25H17F2NO5. The second kappa shape index (κ2) is 8.31. The van der Waals surface area contributed by atoms with Gasteiger partial charge in [-0.25, -0.2) is 13.6 Å². The Bertz CT molecular complexity index is 1330. The van der Waals surface area contributed by atoms with Gasteiger partial charge in [-0.05, 0) is 31.2 Å². The van der Waals surface area contributed by atoms with E-state index < -0.39 is 46.7 Å². The van der Waals surface area contributed by atoms with Crippen LogP contribution in [0, 0.1) is 18.6 Å². The van der Waals surface area contributed by atoms with Gasteiger partial charge in [0, 0.05) is 22.9 Å². The van der Waals surface area contributed by atoms with Gasteiger partial charge < -0.3 is 10.2 Å². The first kappa shape index (κ1) is 21.9. The van der Waals surface area contributed by atoms with E-state index in [-0.39, 0.29) is 22.4 Å². The second-order valence-corrected chi connectivity index (χ2v) is 7.56. The van der Waals surface area contributed by atoms with Crippen LogP contribution in [0.3, 0.4) is 0 Å². The average molecular weight is 449 g/mol. The number of halogens is 2. The summed E-state index contributed by atoms with van der Waals surface area (Å²) in [6.45, 7) is 1.83. The minimum atomic E-state index is -1.45. The lowest BCUT2D eigenvalue weighted by molar-refractivity contribution is -0.132. The third-order valence-corrected chi connectivity index (χ3v) is 5.40. The number of nitrogens with zero attached hydrogens (tertiary/aromatic N) is 1. The number of Topliss-reactive ketones (excluding diaryl/α,β-unsaturated/α-hetero) is 1. The Morgan fingerprint density at radius 2 is 1.61 bits per heavy atom. The molecular weight excluding hydrogens is 432 g/mol. The number of aliphatic hydroxyl groups is 1. The molecule has 1 atom stereocenters. The van der Waals surface area contributed by atoms with Gasteiger partial charge in [-0.3, -0.25) is 14.5 Å². The molecule has 0 saturated carbocycles. The quantitative estimate of drug-likeness (QED) is 0.345. The summed E-state index contributed by atoms with van der Waals surface area (Å²) in [4.78, 5) is 38.4. The second-order valence-electron chi connectivity index (χ2n) is 7.56. The molecule has 166 valence electrons. The Kier molecular flexibility index (Phi) is 5.51. The largest absolute Gasteiger partial charge is 0.507 e. The van der Waals surface area contributed by atoms with E-state index in [9.17, 15) is 33.4 Å². The van der Waals surface area contributed by atoms with Crippen LogP contribution in [0.2, 0.25) is 0 Å². The average Bonchev–Trinajstić information content (AvgIpc) is 3.04. The molecule has 8 heteroatoms. The van der Waals surface area contributed by atoms with Crippen LogP contribution in [-0.2, 0) is 9.59 Å². The molecule has 6 nitrogen and oxygen atoms in total. The van der Waals surface area contributed by atoms with E-state index >= 15 is 0 Å². The number of ketones is 1. The number of carboxylic acid groups (broad SMARTS) is 1. The highest BCUT2D eigenvalue weighted by molar-refractivity contribution is 6.51. The first-order chi connectivity index (χ1) is 15.7. The number of aryl methyl sites for hydroxylation is 1. The molecule has 0 spiro atoms. The van der Waals surface area contributed by atoms with Gasteiger partial charge in [0.2, 0.25) is 0 Å². The molecule has 0 radical (unpaired) electrons. The van der Waals surface area contributed by atoms with Gasteiger partial charge in [0.05, 0.1) is 17.2 Å². The number of aliphatic hydroxyl groups excluding tert-OH is 1. The molecule has 33 heavy (non-hydrogen) atoms. The van der Waals surface area contributed by atoms with Crippen LogP contribution in [0.4, 0.5) is 14.5 Å². The van der Waals surface area contributed by atoms with Crippen molar-refractivity contribution in [2.24, 2.45) is 0 Å². The molecule has 3 aromatic carbocycles. The number of hydrogen-bond donors (Lipinski definition) is 2. The smallest absolute Gasteiger partial charge is 0.335 e. The van der Waals surface area contributed by atoms with Crippen molar-refractivity contribution in [3.63, 3.8) is 0 Å². The summed E-state index contributed by atoms with van der Waals surface area (Å²) in [5.41, 5.74) is 0.337. The lowest BCUT2D eigenvalue weighted by Gasteiger charge is -2.26. The molecule has 4 rings (SSSR count). The van der Waals surface area contributed by atoms with Crippen molar-refractivity contribution in [2.45, 2.75) is 13.0 Å². The van der Waals surface area contributed by atoms with Crippen molar-refractivity contribution in [3.8, 4) is 0 Å². The number of carboxylic acids is 1. The maximum absolute atomic E-state index is 14.9. The van der Waals surface area contributed by atoms with Crippen molar-refractivity contribution < 1.29 is 33.4 Å². The van der Waals surface area contributed by atoms with Crippen molar-refractivity contribution in [1.29, 1.82) is 0 Å². The molecule has 1 aliphatic rings. The molecule has 0 aromatic heterocycles. The Morgan fingerprint density at radius 3 is 2.24 bits per heavy atom. The first-order valence-corrected chi connectivity index (χ1v) is 9.85. The first-order valence-electron chi connectivity index (χ1n) is 9.85. The molecule has 2 N–H and O–H groups in total. The zero-order chi connectivity index (χ0) is 23.9. The number of anilines is 1. The Balaban J connectivity index is 1.98. The highest BCUT2D eigenvalue weighted by Gasteiger charge is 2.48. The van der Waals surface area contributed by atoms with Gasteiger partial charge in [0.15, 0.2) is 0 Å². The zero-order valence-corrected chi connectivity index (χ0v) is 17.3. The summed E-state index contributed by atoms with van der Waals surface area (Å²) in [5.74, 6) is -5.85. The molecule has 1 heterocycles. The minimum absolute atomic E-state index is 0.00804. The summed E-state index contributed by atoms with van der Waals surface area (Å²) >= 11 is 0. The fourth-order valence-corrected chi connectivity index (χ4v) is 3.77. The maximum Gasteiger partial charge on any atom is 0.335 e. The van der Waals surface area contributed by atoms with E-state index in [0.29, 0.717) is 6.07 Å². The lowest BCUT2D eigenvalue weighted by atomic mass is 9.94. The number of rotatable bonds is 4. The molecule has 0 bridgehead atoms. The standard InChI is InChI=1S/C25H17F2NO5/c1-13-5-7-14(8-6-13)22(29)20-21(18-10-9-16(26)12-19(18)27)28(24(31)23(20)30)17-4-2-3-15(11-17)25(32)33/h2-12,21,29H,1H3,(H,32,33)/b22-20+. The fourth-order valence-electron chi connectivity index (χ4n) is 3.77. The van der Waals surface area contributed by atoms with Gasteiger partial charge in [-0.2, -0.15) is 0 Å². The summed E-state index contributed by atoms with van der Waals surface area (Å²) in [6, 6.07) is 12.9. The van der Waals surface area contributed by atoms with E-state index in [2.05, 4.69) is 0 Å². The van der Waals surface area contributed by atoms with Crippen molar-refractivity contribution in [1.82, 2.24) is 0 Å². The highest BCUT2D eigenvalue weighted by atomic mass is 19.1. The number of benzene rings is 3. The van der Waals surface area contributed by atoms with Crippen LogP contribution >= 0.6 is 0 Å². The molecule has 1 aliphatic heterocycles. The summed E-state index contributed by atoms with van der Waals surface area (Å²) in [6.07, 6.45) is 0. The summed E-state index contributed by atoms with van der Waals surface area (Å²) < 4.78 is 28.5.